The van der Waals surface area contributed by atoms with Crippen molar-refractivity contribution in [1.29, 1.82) is 0 Å². The number of hydrogen-bond donors (Lipinski definition) is 0. The molecule has 0 aromatic carbocycles. The van der Waals surface area contributed by atoms with Gasteiger partial charge < -0.3 is 9.64 Å². The number of likely N-dealkylation sites (tertiary alicyclic amines) is 1. The summed E-state index contributed by atoms with van der Waals surface area (Å²) in [7, 11) is 3.85. The molecule has 1 aliphatic rings. The number of methoxy groups -OCH3 is 1. The molecule has 0 bridgehead atoms. The molecule has 5 nitrogen and oxygen atoms in total. The number of rotatable bonds is 3. The van der Waals surface area contributed by atoms with Crippen LogP contribution in [-0.2, 0) is 6.42 Å². The maximum absolute atomic E-state index is 5.32. The van der Waals surface area contributed by atoms with E-state index in [2.05, 4.69) is 22.0 Å². The van der Waals surface area contributed by atoms with Gasteiger partial charge in [-0.3, -0.25) is 0 Å². The van der Waals surface area contributed by atoms with E-state index in [1.807, 2.05) is 18.3 Å². The maximum Gasteiger partial charge on any atom is 0.198 e. The second-order valence-electron chi connectivity index (χ2n) is 5.35. The molecule has 102 valence electrons. The Labute approximate surface area is 113 Å². The van der Waals surface area contributed by atoms with E-state index in [1.54, 1.807) is 11.6 Å². The van der Waals surface area contributed by atoms with E-state index in [0.717, 1.165) is 30.2 Å². The number of pyridine rings is 1. The Bertz CT molecular complexity index is 566. The molecule has 0 aliphatic carbocycles. The van der Waals surface area contributed by atoms with E-state index in [1.165, 1.54) is 19.4 Å². The molecule has 2 aromatic heterocycles. The number of aromatic nitrogens is 3. The smallest absolute Gasteiger partial charge is 0.198 e. The van der Waals surface area contributed by atoms with Gasteiger partial charge in [0.05, 0.1) is 7.11 Å². The van der Waals surface area contributed by atoms with Crippen LogP contribution in [0.5, 0.6) is 5.75 Å². The lowest BCUT2D eigenvalue weighted by Gasteiger charge is -2.28. The lowest BCUT2D eigenvalue weighted by molar-refractivity contribution is 0.207. The van der Waals surface area contributed by atoms with Gasteiger partial charge in [-0.2, -0.15) is 5.10 Å². The van der Waals surface area contributed by atoms with E-state index in [-0.39, 0.29) is 0 Å². The van der Waals surface area contributed by atoms with Crippen LogP contribution < -0.4 is 4.74 Å². The minimum atomic E-state index is 0.669. The van der Waals surface area contributed by atoms with Crippen molar-refractivity contribution < 1.29 is 4.74 Å². The lowest BCUT2D eigenvalue weighted by Crippen LogP contribution is -2.33. The van der Waals surface area contributed by atoms with Crippen LogP contribution in [0.1, 0.15) is 18.7 Å². The van der Waals surface area contributed by atoms with E-state index >= 15 is 0 Å². The van der Waals surface area contributed by atoms with Gasteiger partial charge in [0.2, 0.25) is 0 Å². The average molecular weight is 260 g/mol. The van der Waals surface area contributed by atoms with Crippen molar-refractivity contribution >= 4 is 5.65 Å². The minimum Gasteiger partial charge on any atom is -0.493 e. The maximum atomic E-state index is 5.32. The summed E-state index contributed by atoms with van der Waals surface area (Å²) in [6, 6.07) is 3.85. The zero-order valence-electron chi connectivity index (χ0n) is 11.5. The molecule has 3 heterocycles. The fourth-order valence-electron chi connectivity index (χ4n) is 2.87. The molecule has 0 N–H and O–H groups in total. The molecular weight excluding hydrogens is 240 g/mol. The first-order valence-electron chi connectivity index (χ1n) is 6.83. The molecule has 1 aliphatic heterocycles. The van der Waals surface area contributed by atoms with Crippen LogP contribution in [0.3, 0.4) is 0 Å². The van der Waals surface area contributed by atoms with E-state index in [0.29, 0.717) is 5.92 Å². The van der Waals surface area contributed by atoms with E-state index in [4.69, 9.17) is 4.74 Å². The summed E-state index contributed by atoms with van der Waals surface area (Å²) in [5, 5.41) is 4.55. The van der Waals surface area contributed by atoms with Crippen LogP contribution >= 0.6 is 0 Å². The van der Waals surface area contributed by atoms with Crippen molar-refractivity contribution in [2.75, 3.05) is 27.2 Å². The van der Waals surface area contributed by atoms with Crippen molar-refractivity contribution in [1.82, 2.24) is 19.5 Å². The van der Waals surface area contributed by atoms with E-state index < -0.39 is 0 Å². The van der Waals surface area contributed by atoms with Crippen molar-refractivity contribution in [2.24, 2.45) is 5.92 Å². The fraction of sp³-hybridized carbons (Fsp3) is 0.571. The van der Waals surface area contributed by atoms with Gasteiger partial charge in [-0.05, 0) is 44.5 Å². The highest BCUT2D eigenvalue weighted by Crippen LogP contribution is 2.21. The van der Waals surface area contributed by atoms with Gasteiger partial charge in [0.1, 0.15) is 0 Å². The van der Waals surface area contributed by atoms with Crippen molar-refractivity contribution in [3.05, 3.63) is 24.2 Å². The predicted octanol–water partition coefficient (Wildman–Crippen LogP) is 1.62. The number of piperidine rings is 1. The van der Waals surface area contributed by atoms with Gasteiger partial charge in [-0.25, -0.2) is 9.50 Å². The average Bonchev–Trinajstić information content (AvgIpc) is 2.80. The molecule has 1 atom stereocenters. The fourth-order valence-corrected chi connectivity index (χ4v) is 2.87. The Kier molecular flexibility index (Phi) is 3.38. The lowest BCUT2D eigenvalue weighted by atomic mass is 9.95. The summed E-state index contributed by atoms with van der Waals surface area (Å²) >= 11 is 0. The summed E-state index contributed by atoms with van der Waals surface area (Å²) in [5.74, 6) is 2.37. The molecule has 5 heteroatoms. The molecule has 0 radical (unpaired) electrons. The molecule has 1 fully saturated rings. The molecule has 1 unspecified atom stereocenters. The zero-order chi connectivity index (χ0) is 13.2. The van der Waals surface area contributed by atoms with E-state index in [9.17, 15) is 0 Å². The predicted molar refractivity (Wildman–Crippen MR) is 73.5 cm³/mol. The molecular formula is C14H20N4O. The largest absolute Gasteiger partial charge is 0.493 e. The van der Waals surface area contributed by atoms with Gasteiger partial charge in [0.15, 0.2) is 17.2 Å². The van der Waals surface area contributed by atoms with Crippen molar-refractivity contribution in [3.63, 3.8) is 0 Å². The third-order valence-electron chi connectivity index (χ3n) is 3.78. The summed E-state index contributed by atoms with van der Waals surface area (Å²) in [6.07, 6.45) is 5.42. The zero-order valence-corrected chi connectivity index (χ0v) is 11.5. The van der Waals surface area contributed by atoms with Gasteiger partial charge in [-0.15, -0.1) is 0 Å². The van der Waals surface area contributed by atoms with Crippen LogP contribution in [0.4, 0.5) is 0 Å². The van der Waals surface area contributed by atoms with Crippen LogP contribution in [0.15, 0.2) is 18.3 Å². The Morgan fingerprint density at radius 2 is 2.37 bits per heavy atom. The first-order chi connectivity index (χ1) is 9.26. The molecule has 2 aromatic rings. The standard InChI is InChI=1S/C14H20N4O/c1-17-7-3-5-11(10-17)9-13-15-14-12(19-2)6-4-8-18(14)16-13/h4,6,8,11H,3,5,7,9-10H2,1-2H3. The Morgan fingerprint density at radius 1 is 1.47 bits per heavy atom. The summed E-state index contributed by atoms with van der Waals surface area (Å²) in [6.45, 7) is 2.36. The summed E-state index contributed by atoms with van der Waals surface area (Å²) < 4.78 is 7.12. The first kappa shape index (κ1) is 12.4. The van der Waals surface area contributed by atoms with Crippen LogP contribution in [0, 0.1) is 5.92 Å². The van der Waals surface area contributed by atoms with Gasteiger partial charge >= 0.3 is 0 Å². The number of ether oxygens (including phenoxy) is 1. The number of fused-ring (bicyclic) bond motifs is 1. The quantitative estimate of drug-likeness (QED) is 0.841. The molecule has 0 spiro atoms. The van der Waals surface area contributed by atoms with Gasteiger partial charge in [0.25, 0.3) is 0 Å². The SMILES string of the molecule is COc1cccn2nc(CC3CCCN(C)C3)nc12. The topological polar surface area (TPSA) is 42.7 Å². The Hall–Kier alpha value is -1.62. The highest BCUT2D eigenvalue weighted by Gasteiger charge is 2.19. The molecule has 3 rings (SSSR count). The van der Waals surface area contributed by atoms with Crippen molar-refractivity contribution in [3.8, 4) is 5.75 Å². The molecule has 0 saturated carbocycles. The third-order valence-corrected chi connectivity index (χ3v) is 3.78. The summed E-state index contributed by atoms with van der Waals surface area (Å²) in [4.78, 5) is 7.00. The molecule has 19 heavy (non-hydrogen) atoms. The monoisotopic (exact) mass is 260 g/mol. The second-order valence-corrected chi connectivity index (χ2v) is 5.35. The van der Waals surface area contributed by atoms with Gasteiger partial charge in [-0.1, -0.05) is 0 Å². The molecule has 1 saturated heterocycles. The summed E-state index contributed by atoms with van der Waals surface area (Å²) in [5.41, 5.74) is 0.809. The minimum absolute atomic E-state index is 0.669. The normalized spacial score (nSPS) is 20.8. The number of nitrogens with zero attached hydrogens (tertiary/aromatic N) is 4. The van der Waals surface area contributed by atoms with Crippen LogP contribution in [0.25, 0.3) is 5.65 Å². The number of hydrogen-bond acceptors (Lipinski definition) is 4. The highest BCUT2D eigenvalue weighted by atomic mass is 16.5. The Morgan fingerprint density at radius 3 is 3.16 bits per heavy atom. The first-order valence-corrected chi connectivity index (χ1v) is 6.83. The van der Waals surface area contributed by atoms with Crippen LogP contribution in [-0.4, -0.2) is 46.7 Å². The highest BCUT2D eigenvalue weighted by molar-refractivity contribution is 5.52. The molecule has 0 amide bonds. The van der Waals surface area contributed by atoms with Crippen LogP contribution in [0.2, 0.25) is 0 Å². The van der Waals surface area contributed by atoms with Crippen molar-refractivity contribution in [2.45, 2.75) is 19.3 Å². The second kappa shape index (κ2) is 5.17. The third kappa shape index (κ3) is 2.56. The Balaban J connectivity index is 1.81. The van der Waals surface area contributed by atoms with Gasteiger partial charge in [0, 0.05) is 19.2 Å².